The molecule has 4 N–H and O–H groups in total. The van der Waals surface area contributed by atoms with Gasteiger partial charge in [-0.15, -0.1) is 12.4 Å². The highest BCUT2D eigenvalue weighted by Gasteiger charge is 2.20. The fourth-order valence-electron chi connectivity index (χ4n) is 0.657. The van der Waals surface area contributed by atoms with Crippen molar-refractivity contribution in [1.82, 2.24) is 10.6 Å². The summed E-state index contributed by atoms with van der Waals surface area (Å²) in [4.78, 5) is 0. The highest BCUT2D eigenvalue weighted by atomic mass is 35.5. The maximum Gasteiger partial charge on any atom is 0.125 e. The number of nitriles is 1. The van der Waals surface area contributed by atoms with Gasteiger partial charge in [-0.1, -0.05) is 0 Å². The molecule has 2 atom stereocenters. The lowest BCUT2D eigenvalue weighted by Crippen LogP contribution is -2.40. The lowest BCUT2D eigenvalue weighted by molar-refractivity contribution is 0.607. The Morgan fingerprint density at radius 1 is 1.56 bits per heavy atom. The molecule has 0 aliphatic carbocycles. The quantitative estimate of drug-likeness (QED) is 0.401. The summed E-state index contributed by atoms with van der Waals surface area (Å²) in [5.74, 6) is 0. The van der Waals surface area contributed by atoms with Crippen molar-refractivity contribution in [1.29, 1.82) is 5.26 Å². The van der Waals surface area contributed by atoms with Gasteiger partial charge in [0.1, 0.15) is 6.04 Å². The van der Waals surface area contributed by atoms with E-state index in [9.17, 15) is 0 Å². The molecule has 1 rings (SSSR count). The summed E-state index contributed by atoms with van der Waals surface area (Å²) in [5, 5.41) is 14.0. The Kier molecular flexibility index (Phi) is 3.50. The standard InChI is InChI=1S/C4H8N4.ClH/c5-1-3-4(6)8-2-7-3;/h3-4,7-8H,2,6H2;1H. The van der Waals surface area contributed by atoms with Gasteiger partial charge in [0.05, 0.1) is 12.2 Å². The van der Waals surface area contributed by atoms with E-state index in [1.54, 1.807) is 0 Å². The molecular weight excluding hydrogens is 140 g/mol. The zero-order valence-corrected chi connectivity index (χ0v) is 5.61. The average molecular weight is 149 g/mol. The zero-order valence-electron chi connectivity index (χ0n) is 4.79. The van der Waals surface area contributed by atoms with E-state index in [1.165, 1.54) is 0 Å². The van der Waals surface area contributed by atoms with Crippen LogP contribution in [-0.2, 0) is 0 Å². The molecule has 5 heteroatoms. The fraction of sp³-hybridized carbons (Fsp3) is 0.750. The number of rotatable bonds is 0. The number of halogens is 1. The van der Waals surface area contributed by atoms with Crippen LogP contribution in [0, 0.1) is 11.3 Å². The van der Waals surface area contributed by atoms with Crippen molar-refractivity contribution in [2.45, 2.75) is 12.2 Å². The summed E-state index contributed by atoms with van der Waals surface area (Å²) >= 11 is 0. The molecule has 1 saturated heterocycles. The van der Waals surface area contributed by atoms with Gasteiger partial charge in [0.15, 0.2) is 0 Å². The van der Waals surface area contributed by atoms with E-state index in [0.29, 0.717) is 6.67 Å². The van der Waals surface area contributed by atoms with E-state index < -0.39 is 0 Å². The molecule has 0 bridgehead atoms. The van der Waals surface area contributed by atoms with Gasteiger partial charge in [0, 0.05) is 6.67 Å². The first kappa shape index (κ1) is 8.66. The number of nitrogens with zero attached hydrogens (tertiary/aromatic N) is 1. The largest absolute Gasteiger partial charge is 0.314 e. The van der Waals surface area contributed by atoms with Crippen molar-refractivity contribution in [3.8, 4) is 6.07 Å². The zero-order chi connectivity index (χ0) is 5.98. The van der Waals surface area contributed by atoms with Gasteiger partial charge in [0.2, 0.25) is 0 Å². The van der Waals surface area contributed by atoms with Crippen molar-refractivity contribution >= 4 is 12.4 Å². The molecule has 0 aromatic rings. The normalized spacial score (nSPS) is 32.9. The van der Waals surface area contributed by atoms with Gasteiger partial charge >= 0.3 is 0 Å². The van der Waals surface area contributed by atoms with Crippen molar-refractivity contribution in [2.24, 2.45) is 5.73 Å². The van der Waals surface area contributed by atoms with Crippen molar-refractivity contribution < 1.29 is 0 Å². The van der Waals surface area contributed by atoms with E-state index in [2.05, 4.69) is 10.6 Å². The molecule has 1 heterocycles. The first-order valence-corrected chi connectivity index (χ1v) is 2.46. The maximum atomic E-state index is 8.30. The lowest BCUT2D eigenvalue weighted by Gasteiger charge is -2.02. The molecule has 0 spiro atoms. The molecule has 1 fully saturated rings. The Hall–Kier alpha value is -0.340. The smallest absolute Gasteiger partial charge is 0.125 e. The van der Waals surface area contributed by atoms with Gasteiger partial charge < -0.3 is 5.73 Å². The molecule has 0 amide bonds. The molecule has 0 aromatic carbocycles. The molecule has 0 aromatic heterocycles. The van der Waals surface area contributed by atoms with Gasteiger partial charge in [-0.05, 0) is 0 Å². The number of nitrogens with two attached hydrogens (primary N) is 1. The number of nitrogens with one attached hydrogen (secondary N) is 2. The monoisotopic (exact) mass is 148 g/mol. The van der Waals surface area contributed by atoms with Crippen LogP contribution in [0.5, 0.6) is 0 Å². The van der Waals surface area contributed by atoms with Crippen LogP contribution in [0.15, 0.2) is 0 Å². The lowest BCUT2D eigenvalue weighted by atomic mass is 10.3. The van der Waals surface area contributed by atoms with Crippen LogP contribution in [0.1, 0.15) is 0 Å². The second kappa shape index (κ2) is 3.64. The van der Waals surface area contributed by atoms with Crippen molar-refractivity contribution in [2.75, 3.05) is 6.67 Å². The van der Waals surface area contributed by atoms with Gasteiger partial charge in [-0.25, -0.2) is 0 Å². The molecule has 2 unspecified atom stereocenters. The van der Waals surface area contributed by atoms with Crippen molar-refractivity contribution in [3.63, 3.8) is 0 Å². The average Bonchev–Trinajstić information content (AvgIpc) is 2.14. The highest BCUT2D eigenvalue weighted by Crippen LogP contribution is 1.88. The molecule has 9 heavy (non-hydrogen) atoms. The predicted octanol–water partition coefficient (Wildman–Crippen LogP) is -1.26. The topological polar surface area (TPSA) is 73.9 Å². The van der Waals surface area contributed by atoms with Crippen LogP contribution in [0.3, 0.4) is 0 Å². The molecule has 4 nitrogen and oxygen atoms in total. The Balaban J connectivity index is 0.000000640. The SMILES string of the molecule is Cl.N#CC1NCNC1N. The summed E-state index contributed by atoms with van der Waals surface area (Å²) < 4.78 is 0. The van der Waals surface area contributed by atoms with Gasteiger partial charge in [-0.2, -0.15) is 5.26 Å². The Morgan fingerprint density at radius 2 is 2.22 bits per heavy atom. The van der Waals surface area contributed by atoms with E-state index >= 15 is 0 Å². The van der Waals surface area contributed by atoms with Crippen molar-refractivity contribution in [3.05, 3.63) is 0 Å². The van der Waals surface area contributed by atoms with Crippen LogP contribution >= 0.6 is 12.4 Å². The molecule has 0 saturated carbocycles. The molecule has 1 aliphatic heterocycles. The van der Waals surface area contributed by atoms with Crippen LogP contribution < -0.4 is 16.4 Å². The van der Waals surface area contributed by atoms with Crippen LogP contribution in [-0.4, -0.2) is 18.9 Å². The third-order valence-electron chi connectivity index (χ3n) is 1.16. The molecule has 0 radical (unpaired) electrons. The predicted molar refractivity (Wildman–Crippen MR) is 35.8 cm³/mol. The summed E-state index contributed by atoms with van der Waals surface area (Å²) in [6.07, 6.45) is -0.194. The van der Waals surface area contributed by atoms with Gasteiger partial charge in [-0.3, -0.25) is 10.6 Å². The Bertz CT molecular complexity index is 120. The number of hydrogen-bond acceptors (Lipinski definition) is 4. The third-order valence-corrected chi connectivity index (χ3v) is 1.16. The fourth-order valence-corrected chi connectivity index (χ4v) is 0.657. The summed E-state index contributed by atoms with van der Waals surface area (Å²) in [5.41, 5.74) is 5.39. The first-order chi connectivity index (χ1) is 3.84. The highest BCUT2D eigenvalue weighted by molar-refractivity contribution is 5.85. The second-order valence-electron chi connectivity index (χ2n) is 1.72. The minimum absolute atomic E-state index is 0. The molecule has 1 aliphatic rings. The minimum Gasteiger partial charge on any atom is -0.314 e. The summed E-state index contributed by atoms with van der Waals surface area (Å²) in [7, 11) is 0. The van der Waals surface area contributed by atoms with Gasteiger partial charge in [0.25, 0.3) is 0 Å². The first-order valence-electron chi connectivity index (χ1n) is 2.46. The van der Waals surface area contributed by atoms with E-state index in [-0.39, 0.29) is 24.6 Å². The van der Waals surface area contributed by atoms with Crippen LogP contribution in [0.25, 0.3) is 0 Å². The molecular formula is C4H9ClN4. The second-order valence-corrected chi connectivity index (χ2v) is 1.72. The van der Waals surface area contributed by atoms with Crippen LogP contribution in [0.4, 0.5) is 0 Å². The summed E-state index contributed by atoms with van der Waals surface area (Å²) in [6, 6.07) is 1.80. The Morgan fingerprint density at radius 3 is 2.44 bits per heavy atom. The summed E-state index contributed by atoms with van der Waals surface area (Å²) in [6.45, 7) is 0.638. The van der Waals surface area contributed by atoms with E-state index in [1.807, 2.05) is 6.07 Å². The Labute approximate surface area is 59.8 Å². The minimum atomic E-state index is -0.213. The number of hydrogen-bond donors (Lipinski definition) is 3. The van der Waals surface area contributed by atoms with Crippen LogP contribution in [0.2, 0.25) is 0 Å². The molecule has 52 valence electrons. The van der Waals surface area contributed by atoms with E-state index in [4.69, 9.17) is 11.0 Å². The van der Waals surface area contributed by atoms with E-state index in [0.717, 1.165) is 0 Å². The maximum absolute atomic E-state index is 8.30. The third kappa shape index (κ3) is 1.80.